The Morgan fingerprint density at radius 2 is 2.07 bits per heavy atom. The topological polar surface area (TPSA) is 58.4 Å². The van der Waals surface area contributed by atoms with Crippen LogP contribution in [0.2, 0.25) is 5.02 Å². The summed E-state index contributed by atoms with van der Waals surface area (Å²) in [4.78, 5) is 14.6. The Morgan fingerprint density at radius 3 is 2.75 bits per heavy atom. The molecule has 1 heterocycles. The third-order valence-electron chi connectivity index (χ3n) is 5.19. The lowest BCUT2D eigenvalue weighted by molar-refractivity contribution is -0.126. The van der Waals surface area contributed by atoms with Crippen LogP contribution in [0.4, 0.5) is 0 Å². The number of hydrogen-bond acceptors (Lipinski definition) is 3. The number of rotatable bonds is 9. The maximum absolute atomic E-state index is 12.7. The van der Waals surface area contributed by atoms with Crippen LogP contribution >= 0.6 is 11.6 Å². The molecule has 1 fully saturated rings. The second-order valence-electron chi connectivity index (χ2n) is 7.36. The van der Waals surface area contributed by atoms with Crippen molar-refractivity contribution >= 4 is 23.6 Å². The molecule has 3 rings (SSSR count). The highest BCUT2D eigenvalue weighted by Crippen LogP contribution is 2.28. The van der Waals surface area contributed by atoms with E-state index >= 15 is 0 Å². The van der Waals surface area contributed by atoms with Crippen LogP contribution in [0, 0.1) is 13.8 Å². The standard InChI is InChI=1S/C22H28ClN3O2/c1-16-20(11-12-22(28)25(19-9-10-19)13-5-6-14-27)17(2)26(24-16)15-18-7-3-4-8-21(18)23/h3-4,7-8,11-12,19,27H,5-6,9-10,13-15H2,1-2H3/b12-11+. The van der Waals surface area contributed by atoms with Crippen molar-refractivity contribution in [3.8, 4) is 0 Å². The van der Waals surface area contributed by atoms with Gasteiger partial charge in [-0.1, -0.05) is 29.8 Å². The number of hydrogen-bond donors (Lipinski definition) is 1. The molecule has 6 heteroatoms. The Morgan fingerprint density at radius 1 is 1.32 bits per heavy atom. The van der Waals surface area contributed by atoms with Crippen LogP contribution in [0.3, 0.4) is 0 Å². The molecule has 0 aliphatic heterocycles. The molecular formula is C22H28ClN3O2. The molecule has 1 aliphatic rings. The molecule has 0 unspecified atom stereocenters. The molecule has 0 radical (unpaired) electrons. The fourth-order valence-electron chi connectivity index (χ4n) is 3.40. The van der Waals surface area contributed by atoms with Gasteiger partial charge in [0.1, 0.15) is 0 Å². The van der Waals surface area contributed by atoms with Crippen LogP contribution in [0.1, 0.15) is 48.2 Å². The lowest BCUT2D eigenvalue weighted by Crippen LogP contribution is -2.32. The molecule has 1 saturated carbocycles. The van der Waals surface area contributed by atoms with E-state index in [1.54, 1.807) is 6.08 Å². The molecule has 1 aromatic heterocycles. The summed E-state index contributed by atoms with van der Waals surface area (Å²) in [5.41, 5.74) is 3.91. The van der Waals surface area contributed by atoms with Crippen LogP contribution in [-0.4, -0.2) is 44.9 Å². The highest BCUT2D eigenvalue weighted by molar-refractivity contribution is 6.31. The van der Waals surface area contributed by atoms with E-state index in [1.165, 1.54) is 0 Å². The monoisotopic (exact) mass is 401 g/mol. The van der Waals surface area contributed by atoms with E-state index in [1.807, 2.05) is 53.8 Å². The molecule has 0 bridgehead atoms. The maximum Gasteiger partial charge on any atom is 0.246 e. The Balaban J connectivity index is 1.72. The number of benzene rings is 1. The summed E-state index contributed by atoms with van der Waals surface area (Å²) in [6.45, 7) is 5.45. The normalized spacial score (nSPS) is 14.0. The molecule has 150 valence electrons. The maximum atomic E-state index is 12.7. The third kappa shape index (κ3) is 5.03. The van der Waals surface area contributed by atoms with Crippen LogP contribution < -0.4 is 0 Å². The van der Waals surface area contributed by atoms with E-state index in [4.69, 9.17) is 16.7 Å². The molecule has 2 aromatic rings. The van der Waals surface area contributed by atoms with Crippen molar-refractivity contribution in [2.45, 2.75) is 52.1 Å². The minimum absolute atomic E-state index is 0.0399. The number of carbonyl (C=O) groups excluding carboxylic acids is 1. The van der Waals surface area contributed by atoms with Crippen molar-refractivity contribution in [3.63, 3.8) is 0 Å². The first-order chi connectivity index (χ1) is 13.5. The quantitative estimate of drug-likeness (QED) is 0.510. The SMILES string of the molecule is Cc1nn(Cc2ccccc2Cl)c(C)c1/C=C/C(=O)N(CCCCO)C1CC1. The van der Waals surface area contributed by atoms with Gasteiger partial charge in [-0.05, 0) is 57.2 Å². The van der Waals surface area contributed by atoms with Gasteiger partial charge in [0, 0.05) is 41.5 Å². The average molecular weight is 402 g/mol. The van der Waals surface area contributed by atoms with Crippen LogP contribution in [0.5, 0.6) is 0 Å². The predicted octanol–water partition coefficient (Wildman–Crippen LogP) is 3.98. The summed E-state index contributed by atoms with van der Waals surface area (Å²) in [5, 5.41) is 14.3. The number of aryl methyl sites for hydroxylation is 1. The number of unbranched alkanes of at least 4 members (excludes halogenated alkanes) is 1. The van der Waals surface area contributed by atoms with E-state index in [2.05, 4.69) is 5.10 Å². The van der Waals surface area contributed by atoms with E-state index in [-0.39, 0.29) is 12.5 Å². The Kier molecular flexibility index (Phi) is 6.92. The van der Waals surface area contributed by atoms with Crippen molar-refractivity contribution in [1.82, 2.24) is 14.7 Å². The molecule has 0 atom stereocenters. The third-order valence-corrected chi connectivity index (χ3v) is 5.55. The highest BCUT2D eigenvalue weighted by atomic mass is 35.5. The summed E-state index contributed by atoms with van der Waals surface area (Å²) >= 11 is 6.28. The van der Waals surface area contributed by atoms with Gasteiger partial charge in [-0.25, -0.2) is 0 Å². The van der Waals surface area contributed by atoms with Gasteiger partial charge in [-0.2, -0.15) is 5.10 Å². The Labute approximate surface area is 171 Å². The number of aliphatic hydroxyl groups is 1. The zero-order valence-electron chi connectivity index (χ0n) is 16.6. The molecule has 0 saturated heterocycles. The van der Waals surface area contributed by atoms with Gasteiger partial charge in [-0.15, -0.1) is 0 Å². The highest BCUT2D eigenvalue weighted by Gasteiger charge is 2.31. The van der Waals surface area contributed by atoms with Crippen molar-refractivity contribution in [2.24, 2.45) is 0 Å². The van der Waals surface area contributed by atoms with E-state index in [0.29, 0.717) is 19.1 Å². The minimum Gasteiger partial charge on any atom is -0.396 e. The van der Waals surface area contributed by atoms with Crippen LogP contribution in [0.15, 0.2) is 30.3 Å². The molecule has 1 amide bonds. The molecule has 28 heavy (non-hydrogen) atoms. The minimum atomic E-state index is 0.0399. The largest absolute Gasteiger partial charge is 0.396 e. The number of halogens is 1. The zero-order valence-corrected chi connectivity index (χ0v) is 17.3. The molecule has 1 aromatic carbocycles. The summed E-state index contributed by atoms with van der Waals surface area (Å²) in [6, 6.07) is 8.12. The Hall–Kier alpha value is -2.11. The molecule has 0 spiro atoms. The smallest absolute Gasteiger partial charge is 0.246 e. The molecule has 5 nitrogen and oxygen atoms in total. The van der Waals surface area contributed by atoms with E-state index < -0.39 is 0 Å². The average Bonchev–Trinajstić information content (AvgIpc) is 3.47. The van der Waals surface area contributed by atoms with E-state index in [9.17, 15) is 4.79 Å². The van der Waals surface area contributed by atoms with Gasteiger partial charge < -0.3 is 10.0 Å². The fraction of sp³-hybridized carbons (Fsp3) is 0.455. The first-order valence-electron chi connectivity index (χ1n) is 9.88. The lowest BCUT2D eigenvalue weighted by atomic mass is 10.1. The number of aliphatic hydroxyl groups excluding tert-OH is 1. The van der Waals surface area contributed by atoms with Gasteiger partial charge >= 0.3 is 0 Å². The summed E-state index contributed by atoms with van der Waals surface area (Å²) in [5.74, 6) is 0.0399. The first kappa shape index (κ1) is 20.6. The second kappa shape index (κ2) is 9.39. The molecule has 1 N–H and O–H groups in total. The van der Waals surface area contributed by atoms with Crippen LogP contribution in [-0.2, 0) is 11.3 Å². The summed E-state index contributed by atoms with van der Waals surface area (Å²) in [7, 11) is 0. The van der Waals surface area contributed by atoms with Crippen molar-refractivity contribution in [1.29, 1.82) is 0 Å². The van der Waals surface area contributed by atoms with Gasteiger partial charge in [-0.3, -0.25) is 9.48 Å². The van der Waals surface area contributed by atoms with Gasteiger partial charge in [0.25, 0.3) is 0 Å². The van der Waals surface area contributed by atoms with Crippen LogP contribution in [0.25, 0.3) is 6.08 Å². The van der Waals surface area contributed by atoms with E-state index in [0.717, 1.165) is 53.2 Å². The summed E-state index contributed by atoms with van der Waals surface area (Å²) < 4.78 is 1.93. The van der Waals surface area contributed by atoms with Gasteiger partial charge in [0.15, 0.2) is 0 Å². The van der Waals surface area contributed by atoms with Gasteiger partial charge in [0.2, 0.25) is 5.91 Å². The molecular weight excluding hydrogens is 374 g/mol. The zero-order chi connectivity index (χ0) is 20.1. The van der Waals surface area contributed by atoms with Crippen molar-refractivity contribution in [3.05, 3.63) is 57.9 Å². The first-order valence-corrected chi connectivity index (χ1v) is 10.3. The second-order valence-corrected chi connectivity index (χ2v) is 7.77. The fourth-order valence-corrected chi connectivity index (χ4v) is 3.59. The van der Waals surface area contributed by atoms with Crippen molar-refractivity contribution < 1.29 is 9.90 Å². The van der Waals surface area contributed by atoms with Gasteiger partial charge in [0.05, 0.1) is 12.2 Å². The molecule has 1 aliphatic carbocycles. The number of aromatic nitrogens is 2. The number of amides is 1. The Bertz CT molecular complexity index is 855. The summed E-state index contributed by atoms with van der Waals surface area (Å²) in [6.07, 6.45) is 7.26. The lowest BCUT2D eigenvalue weighted by Gasteiger charge is -2.20. The number of nitrogens with zero attached hydrogens (tertiary/aromatic N) is 3. The van der Waals surface area contributed by atoms with Crippen molar-refractivity contribution in [2.75, 3.05) is 13.2 Å². The number of carbonyl (C=O) groups is 1. The predicted molar refractivity (Wildman–Crippen MR) is 112 cm³/mol.